The van der Waals surface area contributed by atoms with Gasteiger partial charge >= 0.3 is 0 Å². The van der Waals surface area contributed by atoms with Gasteiger partial charge in [0.2, 0.25) is 0 Å². The van der Waals surface area contributed by atoms with Crippen molar-refractivity contribution in [3.63, 3.8) is 0 Å². The quantitative estimate of drug-likeness (QED) is 0.774. The minimum Gasteiger partial charge on any atom is -0.319 e. The minimum absolute atomic E-state index is 0.411. The van der Waals surface area contributed by atoms with Gasteiger partial charge in [-0.1, -0.05) is 25.7 Å². The van der Waals surface area contributed by atoms with E-state index >= 15 is 0 Å². The van der Waals surface area contributed by atoms with Gasteiger partial charge in [-0.05, 0) is 65.6 Å². The van der Waals surface area contributed by atoms with Gasteiger partial charge in [0.15, 0.2) is 0 Å². The van der Waals surface area contributed by atoms with Crippen LogP contribution in [0.15, 0.2) is 0 Å². The maximum absolute atomic E-state index is 3.36. The number of rotatable bonds is 3. The molecule has 1 N–H and O–H groups in total. The predicted molar refractivity (Wildman–Crippen MR) is 78.9 cm³/mol. The molecule has 0 spiro atoms. The summed E-state index contributed by atoms with van der Waals surface area (Å²) in [5.74, 6) is 0.882. The average Bonchev–Trinajstić information content (AvgIpc) is 2.57. The molecule has 1 atom stereocenters. The van der Waals surface area contributed by atoms with Gasteiger partial charge < -0.3 is 5.32 Å². The van der Waals surface area contributed by atoms with Gasteiger partial charge in [-0.15, -0.1) is 0 Å². The second kappa shape index (κ2) is 6.38. The first kappa shape index (κ1) is 14.3. The van der Waals surface area contributed by atoms with Gasteiger partial charge in [-0.2, -0.15) is 0 Å². The smallest absolute Gasteiger partial charge is 0.0159 e. The summed E-state index contributed by atoms with van der Waals surface area (Å²) >= 11 is 0. The monoisotopic (exact) mass is 252 g/mol. The Hall–Kier alpha value is -0.0800. The number of likely N-dealkylation sites (tertiary alicyclic amines) is 1. The van der Waals surface area contributed by atoms with Crippen LogP contribution < -0.4 is 5.32 Å². The molecule has 1 unspecified atom stereocenters. The molecule has 1 aliphatic heterocycles. The highest BCUT2D eigenvalue weighted by Gasteiger charge is 2.37. The van der Waals surface area contributed by atoms with Crippen LogP contribution in [0, 0.1) is 5.92 Å². The number of hydrogen-bond donors (Lipinski definition) is 1. The number of hydrogen-bond acceptors (Lipinski definition) is 2. The summed E-state index contributed by atoms with van der Waals surface area (Å²) in [5.41, 5.74) is 0.411. The highest BCUT2D eigenvalue weighted by Crippen LogP contribution is 2.36. The molecule has 2 rings (SSSR count). The van der Waals surface area contributed by atoms with Crippen LogP contribution in [0.3, 0.4) is 0 Å². The number of piperidine rings is 1. The number of nitrogens with zero attached hydrogens (tertiary/aromatic N) is 1. The van der Waals surface area contributed by atoms with Crippen LogP contribution in [0.4, 0.5) is 0 Å². The first-order valence-electron chi connectivity index (χ1n) is 8.05. The third kappa shape index (κ3) is 3.48. The Kier molecular flexibility index (Phi) is 5.08. The Morgan fingerprint density at radius 1 is 1.06 bits per heavy atom. The summed E-state index contributed by atoms with van der Waals surface area (Å²) in [5, 5.41) is 3.36. The Labute approximate surface area is 114 Å². The molecule has 106 valence electrons. The molecular formula is C16H32N2. The molecule has 18 heavy (non-hydrogen) atoms. The molecule has 2 fully saturated rings. The van der Waals surface area contributed by atoms with Crippen molar-refractivity contribution in [2.45, 2.75) is 76.8 Å². The van der Waals surface area contributed by atoms with E-state index in [2.05, 4.69) is 31.1 Å². The van der Waals surface area contributed by atoms with Gasteiger partial charge in [-0.3, -0.25) is 4.90 Å². The van der Waals surface area contributed by atoms with E-state index in [0.29, 0.717) is 5.54 Å². The lowest BCUT2D eigenvalue weighted by Crippen LogP contribution is -2.55. The van der Waals surface area contributed by atoms with Crippen LogP contribution in [0.2, 0.25) is 0 Å². The third-order valence-electron chi connectivity index (χ3n) is 5.10. The zero-order chi connectivity index (χ0) is 13.0. The van der Waals surface area contributed by atoms with Gasteiger partial charge in [0.1, 0.15) is 0 Å². The van der Waals surface area contributed by atoms with Crippen LogP contribution >= 0.6 is 0 Å². The van der Waals surface area contributed by atoms with Crippen molar-refractivity contribution in [3.8, 4) is 0 Å². The van der Waals surface area contributed by atoms with Crippen molar-refractivity contribution >= 4 is 0 Å². The summed E-state index contributed by atoms with van der Waals surface area (Å²) in [4.78, 5) is 2.85. The highest BCUT2D eigenvalue weighted by atomic mass is 15.2. The Morgan fingerprint density at radius 3 is 2.28 bits per heavy atom. The SMILES string of the molecule is CNCC1CCN(C2CCCCCC2)C(C)(C)C1. The topological polar surface area (TPSA) is 15.3 Å². The second-order valence-corrected chi connectivity index (χ2v) is 7.07. The van der Waals surface area contributed by atoms with Crippen molar-refractivity contribution in [2.24, 2.45) is 5.92 Å². The Balaban J connectivity index is 1.95. The van der Waals surface area contributed by atoms with E-state index in [1.165, 1.54) is 64.5 Å². The summed E-state index contributed by atoms with van der Waals surface area (Å²) in [6.07, 6.45) is 11.5. The van der Waals surface area contributed by atoms with E-state index in [1.807, 2.05) is 0 Å². The molecule has 2 heteroatoms. The predicted octanol–water partition coefficient (Wildman–Crippen LogP) is 3.42. The van der Waals surface area contributed by atoms with Crippen molar-refractivity contribution in [2.75, 3.05) is 20.1 Å². The Bertz CT molecular complexity index is 241. The summed E-state index contributed by atoms with van der Waals surface area (Å²) in [6.45, 7) is 7.46. The molecule has 0 radical (unpaired) electrons. The maximum Gasteiger partial charge on any atom is 0.0159 e. The van der Waals surface area contributed by atoms with Gasteiger partial charge in [0.25, 0.3) is 0 Å². The zero-order valence-corrected chi connectivity index (χ0v) is 12.7. The summed E-state index contributed by atoms with van der Waals surface area (Å²) < 4.78 is 0. The fraction of sp³-hybridized carbons (Fsp3) is 1.00. The lowest BCUT2D eigenvalue weighted by molar-refractivity contribution is 0.00417. The van der Waals surface area contributed by atoms with Gasteiger partial charge in [0.05, 0.1) is 0 Å². The summed E-state index contributed by atoms with van der Waals surface area (Å²) in [7, 11) is 2.09. The van der Waals surface area contributed by atoms with Crippen molar-refractivity contribution in [3.05, 3.63) is 0 Å². The zero-order valence-electron chi connectivity index (χ0n) is 12.7. The molecule has 0 amide bonds. The van der Waals surface area contributed by atoms with Gasteiger partial charge in [-0.25, -0.2) is 0 Å². The minimum atomic E-state index is 0.411. The van der Waals surface area contributed by atoms with Crippen molar-refractivity contribution < 1.29 is 0 Å². The fourth-order valence-corrected chi connectivity index (χ4v) is 4.26. The van der Waals surface area contributed by atoms with E-state index < -0.39 is 0 Å². The van der Waals surface area contributed by atoms with E-state index in [0.717, 1.165) is 12.0 Å². The molecule has 2 aliphatic rings. The van der Waals surface area contributed by atoms with E-state index in [-0.39, 0.29) is 0 Å². The first-order valence-corrected chi connectivity index (χ1v) is 8.05. The molecule has 1 aliphatic carbocycles. The van der Waals surface area contributed by atoms with Crippen LogP contribution in [0.5, 0.6) is 0 Å². The molecule has 0 aromatic rings. The maximum atomic E-state index is 3.36. The van der Waals surface area contributed by atoms with Gasteiger partial charge in [0, 0.05) is 11.6 Å². The Morgan fingerprint density at radius 2 is 1.72 bits per heavy atom. The standard InChI is InChI=1S/C16H32N2/c1-16(2)12-14(13-17-3)10-11-18(16)15-8-6-4-5-7-9-15/h14-15,17H,4-13H2,1-3H3. The molecule has 1 saturated carbocycles. The average molecular weight is 252 g/mol. The molecule has 1 heterocycles. The highest BCUT2D eigenvalue weighted by molar-refractivity contribution is 4.93. The molecule has 0 aromatic heterocycles. The normalized spacial score (nSPS) is 31.2. The molecule has 2 nitrogen and oxygen atoms in total. The molecule has 1 saturated heterocycles. The van der Waals surface area contributed by atoms with Crippen LogP contribution in [0.1, 0.15) is 65.2 Å². The van der Waals surface area contributed by atoms with Crippen molar-refractivity contribution in [1.82, 2.24) is 10.2 Å². The first-order chi connectivity index (χ1) is 8.63. The van der Waals surface area contributed by atoms with E-state index in [1.54, 1.807) is 0 Å². The second-order valence-electron chi connectivity index (χ2n) is 7.07. The molecule has 0 bridgehead atoms. The third-order valence-corrected chi connectivity index (χ3v) is 5.10. The fourth-order valence-electron chi connectivity index (χ4n) is 4.26. The lowest BCUT2D eigenvalue weighted by atomic mass is 9.81. The van der Waals surface area contributed by atoms with Crippen LogP contribution in [0.25, 0.3) is 0 Å². The largest absolute Gasteiger partial charge is 0.319 e. The number of nitrogens with one attached hydrogen (secondary N) is 1. The molecule has 0 aromatic carbocycles. The molecular weight excluding hydrogens is 220 g/mol. The van der Waals surface area contributed by atoms with E-state index in [4.69, 9.17) is 0 Å². The van der Waals surface area contributed by atoms with Crippen LogP contribution in [-0.2, 0) is 0 Å². The lowest BCUT2D eigenvalue weighted by Gasteiger charge is -2.49. The van der Waals surface area contributed by atoms with Crippen molar-refractivity contribution in [1.29, 1.82) is 0 Å². The van der Waals surface area contributed by atoms with Crippen LogP contribution in [-0.4, -0.2) is 36.6 Å². The van der Waals surface area contributed by atoms with E-state index in [9.17, 15) is 0 Å². The summed E-state index contributed by atoms with van der Waals surface area (Å²) in [6, 6.07) is 0.873.